The Balaban J connectivity index is 2.87. The van der Waals surface area contributed by atoms with E-state index in [1.807, 2.05) is 0 Å². The molecule has 0 saturated heterocycles. The van der Waals surface area contributed by atoms with Crippen LogP contribution in [0, 0.1) is 0 Å². The third kappa shape index (κ3) is 3.30. The molecule has 0 aromatic carbocycles. The summed E-state index contributed by atoms with van der Waals surface area (Å²) in [5.41, 5.74) is -0.621. The molecule has 6 nitrogen and oxygen atoms in total. The summed E-state index contributed by atoms with van der Waals surface area (Å²) in [4.78, 5) is 22.4. The quantitative estimate of drug-likeness (QED) is 0.800. The maximum Gasteiger partial charge on any atom is 0.360 e. The van der Waals surface area contributed by atoms with E-state index in [9.17, 15) is 9.59 Å². The summed E-state index contributed by atoms with van der Waals surface area (Å²) in [7, 11) is 0. The molecule has 0 bridgehead atoms. The van der Waals surface area contributed by atoms with Crippen LogP contribution in [0.3, 0.4) is 0 Å². The number of nitrogens with one attached hydrogen (secondary N) is 1. The normalized spacial score (nSPS) is 11.1. The van der Waals surface area contributed by atoms with Gasteiger partial charge in [-0.05, 0) is 20.8 Å². The largest absolute Gasteiger partial charge is 0.461 e. The van der Waals surface area contributed by atoms with Gasteiger partial charge >= 0.3 is 5.97 Å². The Labute approximate surface area is 99.3 Å². The topological polar surface area (TPSA) is 81.4 Å². The van der Waals surface area contributed by atoms with Crippen LogP contribution in [-0.2, 0) is 15.1 Å². The van der Waals surface area contributed by atoms with E-state index in [4.69, 9.17) is 9.26 Å². The van der Waals surface area contributed by atoms with Gasteiger partial charge in [-0.15, -0.1) is 0 Å². The first kappa shape index (κ1) is 13.2. The molecule has 17 heavy (non-hydrogen) atoms. The fourth-order valence-electron chi connectivity index (χ4n) is 1.37. The van der Waals surface area contributed by atoms with E-state index in [0.717, 1.165) is 0 Å². The monoisotopic (exact) mass is 240 g/mol. The zero-order valence-electron chi connectivity index (χ0n) is 10.4. The SMILES string of the molecule is CCOC(=O)c1cc(C(C)(C)NC(C)=O)on1. The van der Waals surface area contributed by atoms with Crippen molar-refractivity contribution in [1.82, 2.24) is 10.5 Å². The second-order valence-electron chi connectivity index (χ2n) is 4.10. The van der Waals surface area contributed by atoms with Crippen molar-refractivity contribution < 1.29 is 18.8 Å². The van der Waals surface area contributed by atoms with Crippen LogP contribution in [0.15, 0.2) is 10.6 Å². The Morgan fingerprint density at radius 3 is 2.71 bits per heavy atom. The van der Waals surface area contributed by atoms with Crippen molar-refractivity contribution in [2.75, 3.05) is 6.61 Å². The van der Waals surface area contributed by atoms with Crippen molar-refractivity contribution in [3.8, 4) is 0 Å². The fraction of sp³-hybridized carbons (Fsp3) is 0.545. The van der Waals surface area contributed by atoms with Crippen molar-refractivity contribution >= 4 is 11.9 Å². The second kappa shape index (κ2) is 4.99. The highest BCUT2D eigenvalue weighted by Crippen LogP contribution is 2.21. The maximum atomic E-state index is 11.4. The highest BCUT2D eigenvalue weighted by molar-refractivity contribution is 5.87. The van der Waals surface area contributed by atoms with Crippen LogP contribution in [0.5, 0.6) is 0 Å². The number of aromatic nitrogens is 1. The number of carbonyl (C=O) groups excluding carboxylic acids is 2. The summed E-state index contributed by atoms with van der Waals surface area (Å²) in [6.45, 7) is 6.90. The van der Waals surface area contributed by atoms with E-state index < -0.39 is 11.5 Å². The van der Waals surface area contributed by atoms with Crippen LogP contribution >= 0.6 is 0 Å². The van der Waals surface area contributed by atoms with Crippen molar-refractivity contribution in [3.63, 3.8) is 0 Å². The van der Waals surface area contributed by atoms with Crippen LogP contribution in [0.1, 0.15) is 43.9 Å². The first-order valence-electron chi connectivity index (χ1n) is 5.30. The van der Waals surface area contributed by atoms with Gasteiger partial charge in [-0.2, -0.15) is 0 Å². The fourth-order valence-corrected chi connectivity index (χ4v) is 1.37. The van der Waals surface area contributed by atoms with Crippen LogP contribution < -0.4 is 5.32 Å². The van der Waals surface area contributed by atoms with E-state index in [0.29, 0.717) is 5.76 Å². The lowest BCUT2D eigenvalue weighted by molar-refractivity contribution is -0.120. The van der Waals surface area contributed by atoms with Crippen molar-refractivity contribution in [2.24, 2.45) is 0 Å². The lowest BCUT2D eigenvalue weighted by atomic mass is 10.0. The highest BCUT2D eigenvalue weighted by Gasteiger charge is 2.28. The summed E-state index contributed by atoms with van der Waals surface area (Å²) in [6.07, 6.45) is 0. The summed E-state index contributed by atoms with van der Waals surface area (Å²) >= 11 is 0. The molecule has 0 radical (unpaired) electrons. The standard InChI is InChI=1S/C11H16N2O4/c1-5-16-10(15)8-6-9(17-13-8)11(3,4)12-7(2)14/h6H,5H2,1-4H3,(H,12,14). The number of hydrogen-bond donors (Lipinski definition) is 1. The van der Waals surface area contributed by atoms with Gasteiger partial charge in [0.1, 0.15) is 0 Å². The molecule has 1 rings (SSSR count). The summed E-state index contributed by atoms with van der Waals surface area (Å²) in [6, 6.07) is 1.47. The third-order valence-electron chi connectivity index (χ3n) is 2.10. The summed E-state index contributed by atoms with van der Waals surface area (Å²) in [5.74, 6) is -0.332. The molecule has 94 valence electrons. The number of nitrogens with zero attached hydrogens (tertiary/aromatic N) is 1. The minimum Gasteiger partial charge on any atom is -0.461 e. The number of rotatable bonds is 4. The molecule has 0 aliphatic heterocycles. The predicted molar refractivity (Wildman–Crippen MR) is 59.3 cm³/mol. The Bertz CT molecular complexity index is 423. The molecule has 0 spiro atoms. The smallest absolute Gasteiger partial charge is 0.360 e. The molecule has 0 atom stereocenters. The van der Waals surface area contributed by atoms with Gasteiger partial charge in [0.2, 0.25) is 5.91 Å². The van der Waals surface area contributed by atoms with Crippen LogP contribution in [0.2, 0.25) is 0 Å². The zero-order valence-corrected chi connectivity index (χ0v) is 10.4. The van der Waals surface area contributed by atoms with Gasteiger partial charge in [-0.3, -0.25) is 4.79 Å². The molecule has 1 aromatic heterocycles. The number of esters is 1. The Hall–Kier alpha value is -1.85. The molecule has 6 heteroatoms. The molecule has 0 unspecified atom stereocenters. The van der Waals surface area contributed by atoms with E-state index >= 15 is 0 Å². The van der Waals surface area contributed by atoms with E-state index in [1.165, 1.54) is 13.0 Å². The molecule has 1 heterocycles. The van der Waals surface area contributed by atoms with Gasteiger partial charge in [-0.25, -0.2) is 4.79 Å². The summed E-state index contributed by atoms with van der Waals surface area (Å²) in [5, 5.41) is 6.30. The van der Waals surface area contributed by atoms with Gasteiger partial charge in [0.15, 0.2) is 11.5 Å². The molecular weight excluding hydrogens is 224 g/mol. The minimum atomic E-state index is -0.719. The van der Waals surface area contributed by atoms with E-state index in [-0.39, 0.29) is 18.2 Å². The average Bonchev–Trinajstić information content (AvgIpc) is 2.65. The molecule has 0 saturated carbocycles. The Morgan fingerprint density at radius 2 is 2.18 bits per heavy atom. The van der Waals surface area contributed by atoms with Crippen LogP contribution in [0.4, 0.5) is 0 Å². The first-order chi connectivity index (χ1) is 7.86. The van der Waals surface area contributed by atoms with Crippen LogP contribution in [0.25, 0.3) is 0 Å². The van der Waals surface area contributed by atoms with Gasteiger partial charge in [0.05, 0.1) is 12.1 Å². The number of hydrogen-bond acceptors (Lipinski definition) is 5. The molecular formula is C11H16N2O4. The molecule has 0 fully saturated rings. The molecule has 0 aliphatic carbocycles. The predicted octanol–water partition coefficient (Wildman–Crippen LogP) is 1.22. The molecule has 1 N–H and O–H groups in total. The summed E-state index contributed by atoms with van der Waals surface area (Å²) < 4.78 is 9.82. The van der Waals surface area contributed by atoms with Crippen LogP contribution in [-0.4, -0.2) is 23.6 Å². The lowest BCUT2D eigenvalue weighted by Gasteiger charge is -2.21. The van der Waals surface area contributed by atoms with Gasteiger partial charge in [-0.1, -0.05) is 5.16 Å². The first-order valence-corrected chi connectivity index (χ1v) is 5.30. The minimum absolute atomic E-state index is 0.0975. The third-order valence-corrected chi connectivity index (χ3v) is 2.10. The molecule has 1 aromatic rings. The number of carbonyl (C=O) groups is 2. The second-order valence-corrected chi connectivity index (χ2v) is 4.10. The lowest BCUT2D eigenvalue weighted by Crippen LogP contribution is -2.39. The molecule has 1 amide bonds. The van der Waals surface area contributed by atoms with E-state index in [2.05, 4.69) is 10.5 Å². The van der Waals surface area contributed by atoms with Crippen molar-refractivity contribution in [2.45, 2.75) is 33.2 Å². The zero-order chi connectivity index (χ0) is 13.1. The van der Waals surface area contributed by atoms with E-state index in [1.54, 1.807) is 20.8 Å². The van der Waals surface area contributed by atoms with Crippen molar-refractivity contribution in [3.05, 3.63) is 17.5 Å². The number of amides is 1. The van der Waals surface area contributed by atoms with Gasteiger partial charge in [0.25, 0.3) is 0 Å². The van der Waals surface area contributed by atoms with Crippen molar-refractivity contribution in [1.29, 1.82) is 0 Å². The Morgan fingerprint density at radius 1 is 1.53 bits per heavy atom. The van der Waals surface area contributed by atoms with Gasteiger partial charge in [0, 0.05) is 13.0 Å². The number of ether oxygens (including phenoxy) is 1. The Kier molecular flexibility index (Phi) is 3.88. The van der Waals surface area contributed by atoms with Gasteiger partial charge < -0.3 is 14.6 Å². The molecule has 0 aliphatic rings. The highest BCUT2D eigenvalue weighted by atomic mass is 16.5. The average molecular weight is 240 g/mol. The maximum absolute atomic E-state index is 11.4.